The van der Waals surface area contributed by atoms with E-state index in [0.29, 0.717) is 29.6 Å². The molecule has 0 radical (unpaired) electrons. The van der Waals surface area contributed by atoms with Crippen LogP contribution in [-0.4, -0.2) is 78.1 Å². The molecule has 0 bridgehead atoms. The Morgan fingerprint density at radius 2 is 1.60 bits per heavy atom. The average molecular weight is 586 g/mol. The van der Waals surface area contributed by atoms with Crippen molar-refractivity contribution in [3.8, 4) is 0 Å². The van der Waals surface area contributed by atoms with Gasteiger partial charge in [-0.1, -0.05) is 23.7 Å². The number of carbonyl (C=O) groups excluding carboxylic acids is 1. The van der Waals surface area contributed by atoms with Gasteiger partial charge in [0, 0.05) is 43.6 Å². The lowest BCUT2D eigenvalue weighted by Crippen LogP contribution is -2.50. The second kappa shape index (κ2) is 12.9. The normalized spacial score (nSPS) is 14.9. The van der Waals surface area contributed by atoms with E-state index in [9.17, 15) is 13.2 Å². The summed E-state index contributed by atoms with van der Waals surface area (Å²) in [5, 5.41) is 8.77. The summed E-state index contributed by atoms with van der Waals surface area (Å²) in [6, 6.07) is 14.4. The summed E-state index contributed by atoms with van der Waals surface area (Å²) in [7, 11) is -3.53. The molecule has 1 saturated heterocycles. The molecule has 214 valence electrons. The number of carbonyl (C=O) groups is 1. The molecule has 1 aliphatic heterocycles. The third-order valence-corrected chi connectivity index (χ3v) is 9.23. The molecule has 40 heavy (non-hydrogen) atoms. The van der Waals surface area contributed by atoms with Crippen molar-refractivity contribution in [2.45, 2.75) is 43.9 Å². The fourth-order valence-electron chi connectivity index (χ4n) is 4.32. The minimum atomic E-state index is -3.53. The highest BCUT2D eigenvalue weighted by Crippen LogP contribution is 2.30. The van der Waals surface area contributed by atoms with Crippen LogP contribution in [0.5, 0.6) is 0 Å². The summed E-state index contributed by atoms with van der Waals surface area (Å²) in [6.07, 6.45) is 1.44. The highest BCUT2D eigenvalue weighted by atomic mass is 35.5. The number of sulfone groups is 1. The van der Waals surface area contributed by atoms with Gasteiger partial charge in [-0.2, -0.15) is 4.98 Å². The standard InChI is InChI=1S/C28H36ClN7O3S/c1-19(2)36-15-13-35(14-16-36)18-26(37)31-21-9-11-22(12-10-21)32-28-30-17-23(29)27(34-28)33-24-7-5-6-8-25(24)40(38,39)20(3)4/h5-12,17,19-20H,13-16,18H2,1-4H3,(H,31,37)(H2,30,32,33,34). The van der Waals surface area contributed by atoms with Crippen molar-refractivity contribution in [1.82, 2.24) is 19.8 Å². The molecule has 3 aromatic rings. The number of rotatable bonds is 10. The van der Waals surface area contributed by atoms with E-state index in [1.165, 1.54) is 6.20 Å². The van der Waals surface area contributed by atoms with Crippen LogP contribution in [0.1, 0.15) is 27.7 Å². The highest BCUT2D eigenvalue weighted by Gasteiger charge is 2.23. The summed E-state index contributed by atoms with van der Waals surface area (Å²) >= 11 is 6.33. The first-order valence-corrected chi connectivity index (χ1v) is 15.2. The van der Waals surface area contributed by atoms with E-state index in [1.807, 2.05) is 12.1 Å². The van der Waals surface area contributed by atoms with Gasteiger partial charge in [0.15, 0.2) is 15.7 Å². The van der Waals surface area contributed by atoms with Crippen LogP contribution >= 0.6 is 11.6 Å². The van der Waals surface area contributed by atoms with Gasteiger partial charge in [-0.25, -0.2) is 13.4 Å². The second-order valence-corrected chi connectivity index (χ2v) is 13.1. The van der Waals surface area contributed by atoms with E-state index in [-0.39, 0.29) is 27.6 Å². The summed E-state index contributed by atoms with van der Waals surface area (Å²) in [4.78, 5) is 26.0. The fraction of sp³-hybridized carbons (Fsp3) is 0.393. The molecule has 3 N–H and O–H groups in total. The Morgan fingerprint density at radius 3 is 2.25 bits per heavy atom. The molecular formula is C28H36ClN7O3S. The van der Waals surface area contributed by atoms with E-state index < -0.39 is 15.1 Å². The number of anilines is 5. The lowest BCUT2D eigenvalue weighted by Gasteiger charge is -2.36. The zero-order valence-electron chi connectivity index (χ0n) is 23.2. The number of para-hydroxylation sites is 1. The molecule has 0 aliphatic carbocycles. The summed E-state index contributed by atoms with van der Waals surface area (Å²) < 4.78 is 25.6. The number of hydrogen-bond acceptors (Lipinski definition) is 9. The molecule has 0 saturated carbocycles. The quantitative estimate of drug-likeness (QED) is 0.309. The Kier molecular flexibility index (Phi) is 9.62. The van der Waals surface area contributed by atoms with Crippen LogP contribution in [0.3, 0.4) is 0 Å². The van der Waals surface area contributed by atoms with Crippen LogP contribution in [-0.2, 0) is 14.6 Å². The Bertz CT molecular complexity index is 1420. The van der Waals surface area contributed by atoms with Gasteiger partial charge in [-0.05, 0) is 64.1 Å². The molecule has 0 unspecified atom stereocenters. The van der Waals surface area contributed by atoms with E-state index in [4.69, 9.17) is 11.6 Å². The molecule has 10 nitrogen and oxygen atoms in total. The molecule has 1 fully saturated rings. The molecule has 0 atom stereocenters. The van der Waals surface area contributed by atoms with Gasteiger partial charge in [0.05, 0.1) is 28.6 Å². The van der Waals surface area contributed by atoms with Crippen molar-refractivity contribution >= 4 is 56.2 Å². The van der Waals surface area contributed by atoms with Gasteiger partial charge in [0.25, 0.3) is 0 Å². The first-order valence-electron chi connectivity index (χ1n) is 13.3. The molecule has 2 heterocycles. The van der Waals surface area contributed by atoms with Crippen molar-refractivity contribution in [2.24, 2.45) is 0 Å². The number of nitrogens with zero attached hydrogens (tertiary/aromatic N) is 4. The Hall–Kier alpha value is -3.25. The lowest BCUT2D eigenvalue weighted by atomic mass is 10.2. The van der Waals surface area contributed by atoms with Gasteiger partial charge >= 0.3 is 0 Å². The van der Waals surface area contributed by atoms with E-state index in [2.05, 4.69) is 49.6 Å². The third kappa shape index (κ3) is 7.48. The summed E-state index contributed by atoms with van der Waals surface area (Å²) in [5.41, 5.74) is 1.78. The predicted molar refractivity (Wildman–Crippen MR) is 161 cm³/mol. The van der Waals surface area contributed by atoms with Gasteiger partial charge in [0.1, 0.15) is 5.02 Å². The highest BCUT2D eigenvalue weighted by molar-refractivity contribution is 7.92. The van der Waals surface area contributed by atoms with E-state index in [1.54, 1.807) is 50.2 Å². The number of benzene rings is 2. The van der Waals surface area contributed by atoms with Crippen LogP contribution in [0.15, 0.2) is 59.6 Å². The Balaban J connectivity index is 1.37. The van der Waals surface area contributed by atoms with Crippen LogP contribution < -0.4 is 16.0 Å². The van der Waals surface area contributed by atoms with Crippen LogP contribution in [0, 0.1) is 0 Å². The maximum Gasteiger partial charge on any atom is 0.238 e. The third-order valence-electron chi connectivity index (χ3n) is 6.74. The Morgan fingerprint density at radius 1 is 0.950 bits per heavy atom. The van der Waals surface area contributed by atoms with Gasteiger partial charge in [-0.3, -0.25) is 14.6 Å². The fourth-order valence-corrected chi connectivity index (χ4v) is 5.66. The molecule has 4 rings (SSSR count). The summed E-state index contributed by atoms with van der Waals surface area (Å²) in [6.45, 7) is 11.7. The van der Waals surface area contributed by atoms with Gasteiger partial charge < -0.3 is 16.0 Å². The number of hydrogen-bond donors (Lipinski definition) is 3. The zero-order chi connectivity index (χ0) is 28.9. The first kappa shape index (κ1) is 29.7. The first-order chi connectivity index (χ1) is 19.0. The van der Waals surface area contributed by atoms with Crippen molar-refractivity contribution in [3.63, 3.8) is 0 Å². The molecule has 1 aromatic heterocycles. The monoisotopic (exact) mass is 585 g/mol. The predicted octanol–water partition coefficient (Wildman–Crippen LogP) is 4.76. The number of piperazine rings is 1. The molecule has 12 heteroatoms. The number of aromatic nitrogens is 2. The maximum absolute atomic E-state index is 12.8. The van der Waals surface area contributed by atoms with Crippen molar-refractivity contribution in [2.75, 3.05) is 48.7 Å². The number of amides is 1. The maximum atomic E-state index is 12.8. The smallest absolute Gasteiger partial charge is 0.238 e. The van der Waals surface area contributed by atoms with Crippen molar-refractivity contribution < 1.29 is 13.2 Å². The SMILES string of the molecule is CC(C)N1CCN(CC(=O)Nc2ccc(Nc3ncc(Cl)c(Nc4ccccc4S(=O)(=O)C(C)C)n3)cc2)CC1. The van der Waals surface area contributed by atoms with Crippen LogP contribution in [0.25, 0.3) is 0 Å². The largest absolute Gasteiger partial charge is 0.338 e. The summed E-state index contributed by atoms with van der Waals surface area (Å²) in [5.74, 6) is 0.493. The Labute approximate surface area is 241 Å². The van der Waals surface area contributed by atoms with Crippen LogP contribution in [0.2, 0.25) is 5.02 Å². The molecule has 2 aromatic carbocycles. The zero-order valence-corrected chi connectivity index (χ0v) is 24.8. The number of halogens is 1. The number of nitrogens with one attached hydrogen (secondary N) is 3. The lowest BCUT2D eigenvalue weighted by molar-refractivity contribution is -0.117. The minimum Gasteiger partial charge on any atom is -0.338 e. The van der Waals surface area contributed by atoms with E-state index >= 15 is 0 Å². The van der Waals surface area contributed by atoms with Gasteiger partial charge in [-0.15, -0.1) is 0 Å². The topological polar surface area (TPSA) is 120 Å². The molecule has 1 amide bonds. The molecule has 1 aliphatic rings. The van der Waals surface area contributed by atoms with Crippen molar-refractivity contribution in [1.29, 1.82) is 0 Å². The average Bonchev–Trinajstić information content (AvgIpc) is 2.92. The molecular weight excluding hydrogens is 550 g/mol. The second-order valence-electron chi connectivity index (χ2n) is 10.3. The minimum absolute atomic E-state index is 0.0461. The van der Waals surface area contributed by atoms with Crippen LogP contribution in [0.4, 0.5) is 28.8 Å². The van der Waals surface area contributed by atoms with Crippen molar-refractivity contribution in [3.05, 3.63) is 59.8 Å². The molecule has 0 spiro atoms. The van der Waals surface area contributed by atoms with Gasteiger partial charge in [0.2, 0.25) is 11.9 Å². The van der Waals surface area contributed by atoms with E-state index in [0.717, 1.165) is 26.2 Å².